The van der Waals surface area contributed by atoms with Crippen LogP contribution in [0.2, 0.25) is 0 Å². The maximum atomic E-state index is 11.9. The Morgan fingerprint density at radius 3 is 2.00 bits per heavy atom. The number of Topliss-reactive ketones (excluding diaryl/α,β-unsaturated/α-hetero) is 1. The van der Waals surface area contributed by atoms with E-state index in [0.29, 0.717) is 6.42 Å². The number of ketones is 1. The molecule has 0 aromatic carbocycles. The van der Waals surface area contributed by atoms with E-state index in [1.54, 1.807) is 6.92 Å². The van der Waals surface area contributed by atoms with Gasteiger partial charge in [-0.1, -0.05) is 13.8 Å². The van der Waals surface area contributed by atoms with Crippen LogP contribution in [0, 0.1) is 17.3 Å². The molecular formula is C13H22O3. The van der Waals surface area contributed by atoms with Gasteiger partial charge in [0.1, 0.15) is 11.4 Å². The molecule has 0 N–H and O–H groups in total. The third kappa shape index (κ3) is 2.45. The van der Waals surface area contributed by atoms with Gasteiger partial charge >= 0.3 is 5.97 Å². The molecule has 2 unspecified atom stereocenters. The molecule has 1 aliphatic carbocycles. The molecule has 0 aromatic rings. The molecule has 0 amide bonds. The Balaban J connectivity index is 2.66. The fourth-order valence-corrected chi connectivity index (χ4v) is 2.39. The smallest absolute Gasteiger partial charge is 0.310 e. The van der Waals surface area contributed by atoms with Crippen molar-refractivity contribution in [2.75, 3.05) is 0 Å². The first-order valence-corrected chi connectivity index (χ1v) is 5.79. The molecule has 0 saturated heterocycles. The number of hydrogen-bond donors (Lipinski definition) is 0. The first-order valence-electron chi connectivity index (χ1n) is 5.79. The molecule has 1 rings (SSSR count). The summed E-state index contributed by atoms with van der Waals surface area (Å²) in [6, 6.07) is 0. The summed E-state index contributed by atoms with van der Waals surface area (Å²) in [7, 11) is 0. The number of rotatable bonds is 2. The van der Waals surface area contributed by atoms with Gasteiger partial charge in [-0.2, -0.15) is 0 Å². The quantitative estimate of drug-likeness (QED) is 0.680. The molecule has 3 heteroatoms. The van der Waals surface area contributed by atoms with E-state index in [1.165, 1.54) is 0 Å². The molecule has 1 fully saturated rings. The molecule has 2 atom stereocenters. The Hall–Kier alpha value is -0.860. The van der Waals surface area contributed by atoms with Crippen molar-refractivity contribution in [3.05, 3.63) is 0 Å². The summed E-state index contributed by atoms with van der Waals surface area (Å²) in [5.74, 6) is -0.134. The summed E-state index contributed by atoms with van der Waals surface area (Å²) < 4.78 is 5.36. The van der Waals surface area contributed by atoms with E-state index in [2.05, 4.69) is 0 Å². The van der Waals surface area contributed by atoms with Crippen molar-refractivity contribution in [3.63, 3.8) is 0 Å². The molecule has 0 heterocycles. The molecule has 3 nitrogen and oxygen atoms in total. The van der Waals surface area contributed by atoms with Gasteiger partial charge in [-0.05, 0) is 39.5 Å². The van der Waals surface area contributed by atoms with Crippen LogP contribution < -0.4 is 0 Å². The van der Waals surface area contributed by atoms with Crippen LogP contribution in [-0.4, -0.2) is 17.4 Å². The largest absolute Gasteiger partial charge is 0.460 e. The third-order valence-corrected chi connectivity index (χ3v) is 3.45. The van der Waals surface area contributed by atoms with Crippen LogP contribution in [0.5, 0.6) is 0 Å². The summed E-state index contributed by atoms with van der Waals surface area (Å²) in [5, 5.41) is 0. The average Bonchev–Trinajstić information content (AvgIpc) is 1.97. The van der Waals surface area contributed by atoms with E-state index >= 15 is 0 Å². The molecule has 0 radical (unpaired) electrons. The summed E-state index contributed by atoms with van der Waals surface area (Å²) >= 11 is 0. The van der Waals surface area contributed by atoms with Crippen molar-refractivity contribution in [1.29, 1.82) is 0 Å². The first kappa shape index (κ1) is 13.2. The normalized spacial score (nSPS) is 28.1. The van der Waals surface area contributed by atoms with Crippen LogP contribution in [0.3, 0.4) is 0 Å². The number of hydrogen-bond acceptors (Lipinski definition) is 3. The van der Waals surface area contributed by atoms with E-state index in [4.69, 9.17) is 4.74 Å². The SMILES string of the molecule is CC(=O)C1CC(C(=O)OC(C)(C)C)C1(C)C. The Bertz CT molecular complexity index is 310. The third-order valence-electron chi connectivity index (χ3n) is 3.45. The van der Waals surface area contributed by atoms with Crippen LogP contribution in [-0.2, 0) is 14.3 Å². The van der Waals surface area contributed by atoms with Crippen molar-refractivity contribution >= 4 is 11.8 Å². The van der Waals surface area contributed by atoms with E-state index in [0.717, 1.165) is 0 Å². The lowest BCUT2D eigenvalue weighted by atomic mass is 9.53. The lowest BCUT2D eigenvalue weighted by Crippen LogP contribution is -2.53. The zero-order valence-electron chi connectivity index (χ0n) is 11.1. The van der Waals surface area contributed by atoms with E-state index in [9.17, 15) is 9.59 Å². The van der Waals surface area contributed by atoms with Gasteiger partial charge in [-0.25, -0.2) is 0 Å². The highest BCUT2D eigenvalue weighted by Crippen LogP contribution is 2.52. The van der Waals surface area contributed by atoms with Crippen LogP contribution in [0.25, 0.3) is 0 Å². The van der Waals surface area contributed by atoms with Crippen molar-refractivity contribution in [3.8, 4) is 0 Å². The molecule has 0 aliphatic heterocycles. The molecule has 0 spiro atoms. The van der Waals surface area contributed by atoms with Gasteiger partial charge in [0, 0.05) is 5.92 Å². The van der Waals surface area contributed by atoms with Gasteiger partial charge in [0.25, 0.3) is 0 Å². The van der Waals surface area contributed by atoms with Gasteiger partial charge in [0.2, 0.25) is 0 Å². The van der Waals surface area contributed by atoms with Gasteiger partial charge in [0.05, 0.1) is 5.92 Å². The Labute approximate surface area is 97.5 Å². The lowest BCUT2D eigenvalue weighted by molar-refractivity contribution is -0.177. The minimum Gasteiger partial charge on any atom is -0.460 e. The van der Waals surface area contributed by atoms with Crippen molar-refractivity contribution < 1.29 is 14.3 Å². The van der Waals surface area contributed by atoms with Crippen LogP contribution in [0.4, 0.5) is 0 Å². The van der Waals surface area contributed by atoms with Gasteiger partial charge in [0.15, 0.2) is 0 Å². The Kier molecular flexibility index (Phi) is 3.19. The summed E-state index contributed by atoms with van der Waals surface area (Å²) in [4.78, 5) is 23.2. The van der Waals surface area contributed by atoms with Crippen LogP contribution in [0.15, 0.2) is 0 Å². The lowest BCUT2D eigenvalue weighted by Gasteiger charge is -2.49. The molecule has 0 aromatic heterocycles. The van der Waals surface area contributed by atoms with E-state index < -0.39 is 5.60 Å². The number of ether oxygens (including phenoxy) is 1. The molecule has 16 heavy (non-hydrogen) atoms. The molecular weight excluding hydrogens is 204 g/mol. The molecule has 0 bridgehead atoms. The number of esters is 1. The zero-order chi connectivity index (χ0) is 12.7. The molecule has 1 saturated carbocycles. The number of carbonyl (C=O) groups excluding carboxylic acids is 2. The van der Waals surface area contributed by atoms with Gasteiger partial charge in [-0.3, -0.25) is 9.59 Å². The summed E-state index contributed by atoms with van der Waals surface area (Å²) in [6.07, 6.45) is 0.636. The maximum Gasteiger partial charge on any atom is 0.310 e. The fraction of sp³-hybridized carbons (Fsp3) is 0.846. The highest BCUT2D eigenvalue weighted by Gasteiger charge is 2.54. The van der Waals surface area contributed by atoms with E-state index in [1.807, 2.05) is 34.6 Å². The Morgan fingerprint density at radius 2 is 1.69 bits per heavy atom. The van der Waals surface area contributed by atoms with Crippen molar-refractivity contribution in [2.24, 2.45) is 17.3 Å². The minimum atomic E-state index is -0.450. The summed E-state index contributed by atoms with van der Waals surface area (Å²) in [6.45, 7) is 11.1. The first-order chi connectivity index (χ1) is 7.05. The highest BCUT2D eigenvalue weighted by molar-refractivity contribution is 5.85. The summed E-state index contributed by atoms with van der Waals surface area (Å²) in [5.41, 5.74) is -0.706. The minimum absolute atomic E-state index is 0.00465. The van der Waals surface area contributed by atoms with E-state index in [-0.39, 0.29) is 29.0 Å². The molecule has 1 aliphatic rings. The molecule has 92 valence electrons. The second kappa shape index (κ2) is 3.86. The maximum absolute atomic E-state index is 11.9. The monoisotopic (exact) mass is 226 g/mol. The fourth-order valence-electron chi connectivity index (χ4n) is 2.39. The second-order valence-corrected chi connectivity index (χ2v) is 6.31. The van der Waals surface area contributed by atoms with Gasteiger partial charge < -0.3 is 4.74 Å². The second-order valence-electron chi connectivity index (χ2n) is 6.31. The standard InChI is InChI=1S/C13H22O3/c1-8(14)9-7-10(13(9,5)6)11(15)16-12(2,3)4/h9-10H,7H2,1-6H3. The zero-order valence-corrected chi connectivity index (χ0v) is 11.1. The van der Waals surface area contributed by atoms with Crippen LogP contribution >= 0.6 is 0 Å². The predicted octanol–water partition coefficient (Wildman–Crippen LogP) is 2.58. The Morgan fingerprint density at radius 1 is 1.19 bits per heavy atom. The highest BCUT2D eigenvalue weighted by atomic mass is 16.6. The van der Waals surface area contributed by atoms with Crippen LogP contribution in [0.1, 0.15) is 48.0 Å². The van der Waals surface area contributed by atoms with Crippen molar-refractivity contribution in [2.45, 2.75) is 53.6 Å². The van der Waals surface area contributed by atoms with Gasteiger partial charge in [-0.15, -0.1) is 0 Å². The number of carbonyl (C=O) groups is 2. The topological polar surface area (TPSA) is 43.4 Å². The van der Waals surface area contributed by atoms with Crippen molar-refractivity contribution in [1.82, 2.24) is 0 Å². The average molecular weight is 226 g/mol. The predicted molar refractivity (Wildman–Crippen MR) is 61.9 cm³/mol.